The fraction of sp³-hybridized carbons (Fsp3) is 0.276. The number of amides is 1. The maximum atomic E-state index is 16.3. The Hall–Kier alpha value is -4.51. The van der Waals surface area contributed by atoms with E-state index in [9.17, 15) is 9.59 Å². The number of halogens is 2. The number of aliphatic carboxylic acids is 1. The summed E-state index contributed by atoms with van der Waals surface area (Å²) in [4.78, 5) is 40.8. The molecular weight excluding hydrogens is 553 g/mol. The van der Waals surface area contributed by atoms with Crippen LogP contribution in [-0.4, -0.2) is 75.4 Å². The predicted molar refractivity (Wildman–Crippen MR) is 151 cm³/mol. The third-order valence-corrected chi connectivity index (χ3v) is 7.71. The number of hydrogen-bond acceptors (Lipinski definition) is 8. The van der Waals surface area contributed by atoms with E-state index in [2.05, 4.69) is 21.5 Å². The lowest BCUT2D eigenvalue weighted by molar-refractivity contribution is -0.139. The summed E-state index contributed by atoms with van der Waals surface area (Å²) in [5.41, 5.74) is 0.467. The van der Waals surface area contributed by atoms with Crippen molar-refractivity contribution < 1.29 is 28.6 Å². The van der Waals surface area contributed by atoms with E-state index in [4.69, 9.17) is 26.2 Å². The quantitative estimate of drug-likeness (QED) is 0.300. The molecule has 10 nitrogen and oxygen atoms in total. The molecule has 4 aromatic rings. The number of anilines is 1. The van der Waals surface area contributed by atoms with Crippen LogP contribution in [0, 0.1) is 5.82 Å². The van der Waals surface area contributed by atoms with Gasteiger partial charge < -0.3 is 19.5 Å². The second kappa shape index (κ2) is 10.8. The van der Waals surface area contributed by atoms with Crippen molar-refractivity contribution in [3.63, 3.8) is 0 Å². The van der Waals surface area contributed by atoms with Gasteiger partial charge in [0.05, 0.1) is 17.5 Å². The average molecular weight is 578 g/mol. The normalized spacial score (nSPS) is 18.1. The lowest BCUT2D eigenvalue weighted by Gasteiger charge is -2.41. The van der Waals surface area contributed by atoms with Gasteiger partial charge in [-0.3, -0.25) is 9.88 Å². The number of carbonyl (C=O) groups excluding carboxylic acids is 1. The largest absolute Gasteiger partial charge is 0.479 e. The Balaban J connectivity index is 1.44. The molecule has 0 spiro atoms. The van der Waals surface area contributed by atoms with Crippen LogP contribution in [0.3, 0.4) is 0 Å². The van der Waals surface area contributed by atoms with Crippen LogP contribution in [0.5, 0.6) is 6.01 Å². The Labute approximate surface area is 239 Å². The number of carboxylic acids is 1. The number of piperazine rings is 1. The van der Waals surface area contributed by atoms with Gasteiger partial charge in [-0.25, -0.2) is 14.0 Å². The number of ether oxygens (including phenoxy) is 2. The molecule has 2 saturated heterocycles. The summed E-state index contributed by atoms with van der Waals surface area (Å²) >= 11 is 6.50. The maximum absolute atomic E-state index is 16.3. The van der Waals surface area contributed by atoms with Crippen molar-refractivity contribution in [3.05, 3.63) is 66.1 Å². The van der Waals surface area contributed by atoms with Crippen LogP contribution < -0.4 is 9.64 Å². The van der Waals surface area contributed by atoms with Crippen LogP contribution in [0.15, 0.2) is 55.3 Å². The van der Waals surface area contributed by atoms with Gasteiger partial charge in [0, 0.05) is 35.3 Å². The first-order valence-corrected chi connectivity index (χ1v) is 13.4. The lowest BCUT2D eigenvalue weighted by atomic mass is 10.0. The highest BCUT2D eigenvalue weighted by atomic mass is 35.5. The molecule has 2 aromatic heterocycles. The molecule has 12 heteroatoms. The number of aromatic nitrogens is 3. The fourth-order valence-electron chi connectivity index (χ4n) is 5.71. The van der Waals surface area contributed by atoms with Crippen molar-refractivity contribution in [2.24, 2.45) is 0 Å². The van der Waals surface area contributed by atoms with E-state index in [0.717, 1.165) is 18.2 Å². The Kier molecular flexibility index (Phi) is 7.04. The molecule has 6 rings (SSSR count). The third-order valence-electron chi connectivity index (χ3n) is 7.39. The first kappa shape index (κ1) is 26.7. The Bertz CT molecular complexity index is 1680. The molecule has 210 valence electrons. The third kappa shape index (κ3) is 4.86. The maximum Gasteiger partial charge on any atom is 0.410 e. The van der Waals surface area contributed by atoms with E-state index >= 15 is 4.39 Å². The van der Waals surface area contributed by atoms with Gasteiger partial charge >= 0.3 is 18.1 Å². The number of fused-ring (bicyclic) bond motifs is 4. The van der Waals surface area contributed by atoms with E-state index in [1.54, 1.807) is 23.1 Å². The molecule has 0 unspecified atom stereocenters. The smallest absolute Gasteiger partial charge is 0.410 e. The van der Waals surface area contributed by atoms with Gasteiger partial charge in [-0.1, -0.05) is 54.6 Å². The molecule has 4 heterocycles. The molecule has 1 N–H and O–H groups in total. The molecule has 41 heavy (non-hydrogen) atoms. The van der Waals surface area contributed by atoms with Crippen LogP contribution in [0.4, 0.5) is 15.0 Å². The minimum absolute atomic E-state index is 0.0416. The van der Waals surface area contributed by atoms with E-state index in [1.165, 1.54) is 12.3 Å². The SMILES string of the molecule is C=CCOC(=O)N1[C@@H]2CC[C@H]1CN(c1nc(OCC(=O)O)nc3c(F)c(-c4cccc5cccc(Cl)c45)ncc13)C2. The number of benzene rings is 2. The number of pyridine rings is 1. The molecule has 1 amide bonds. The van der Waals surface area contributed by atoms with Crippen molar-refractivity contribution in [2.75, 3.05) is 31.2 Å². The number of carboxylic acid groups (broad SMARTS) is 1. The number of hydrogen-bond donors (Lipinski definition) is 1. The molecule has 2 fully saturated rings. The zero-order valence-electron chi connectivity index (χ0n) is 21.8. The number of nitrogens with zero attached hydrogens (tertiary/aromatic N) is 5. The summed E-state index contributed by atoms with van der Waals surface area (Å²) in [5, 5.41) is 11.4. The highest BCUT2D eigenvalue weighted by molar-refractivity contribution is 6.36. The van der Waals surface area contributed by atoms with E-state index in [1.807, 2.05) is 23.1 Å². The van der Waals surface area contributed by atoms with E-state index in [-0.39, 0.29) is 35.9 Å². The van der Waals surface area contributed by atoms with Gasteiger partial charge in [-0.2, -0.15) is 9.97 Å². The zero-order chi connectivity index (χ0) is 28.7. The van der Waals surface area contributed by atoms with Gasteiger partial charge in [0.25, 0.3) is 0 Å². The molecule has 2 atom stereocenters. The summed E-state index contributed by atoms with van der Waals surface area (Å²) in [6, 6.07) is 10.3. The van der Waals surface area contributed by atoms with Crippen molar-refractivity contribution in [1.82, 2.24) is 19.9 Å². The minimum Gasteiger partial charge on any atom is -0.479 e. The van der Waals surface area contributed by atoms with Crippen LogP contribution in [0.2, 0.25) is 5.02 Å². The summed E-state index contributed by atoms with van der Waals surface area (Å²) < 4.78 is 26.9. The molecule has 0 aliphatic carbocycles. The van der Waals surface area contributed by atoms with Crippen LogP contribution >= 0.6 is 11.6 Å². The first-order valence-electron chi connectivity index (χ1n) is 13.0. The monoisotopic (exact) mass is 577 g/mol. The summed E-state index contributed by atoms with van der Waals surface area (Å²) in [6.07, 6.45) is 4.17. The van der Waals surface area contributed by atoms with Gasteiger partial charge in [-0.05, 0) is 24.3 Å². The predicted octanol–water partition coefficient (Wildman–Crippen LogP) is 5.08. The molecule has 0 saturated carbocycles. The number of rotatable bonds is 7. The van der Waals surface area contributed by atoms with Crippen molar-refractivity contribution in [2.45, 2.75) is 24.9 Å². The van der Waals surface area contributed by atoms with Gasteiger partial charge in [0.1, 0.15) is 23.6 Å². The minimum atomic E-state index is -1.22. The van der Waals surface area contributed by atoms with Crippen molar-refractivity contribution in [3.8, 4) is 17.3 Å². The average Bonchev–Trinajstić information content (AvgIpc) is 3.24. The van der Waals surface area contributed by atoms with Crippen molar-refractivity contribution in [1.29, 1.82) is 0 Å². The Morgan fingerprint density at radius 2 is 1.88 bits per heavy atom. The van der Waals surface area contributed by atoms with Crippen LogP contribution in [-0.2, 0) is 9.53 Å². The second-order valence-electron chi connectivity index (χ2n) is 9.90. The highest BCUT2D eigenvalue weighted by Gasteiger charge is 2.44. The molecule has 2 bridgehead atoms. The van der Waals surface area contributed by atoms with Crippen LogP contribution in [0.1, 0.15) is 12.8 Å². The second-order valence-corrected chi connectivity index (χ2v) is 10.3. The van der Waals surface area contributed by atoms with Gasteiger partial charge in [-0.15, -0.1) is 0 Å². The molecule has 2 aliphatic heterocycles. The molecule has 2 aromatic carbocycles. The number of carbonyl (C=O) groups is 2. The molecular formula is C29H25ClFN5O5. The Morgan fingerprint density at radius 3 is 2.59 bits per heavy atom. The fourth-order valence-corrected chi connectivity index (χ4v) is 6.00. The van der Waals surface area contributed by atoms with Gasteiger partial charge in [0.2, 0.25) is 0 Å². The van der Waals surface area contributed by atoms with E-state index < -0.39 is 24.5 Å². The standard InChI is InChI=1S/C29H25ClFN5O5/c1-2-11-40-29(39)36-17-9-10-18(36)14-35(13-17)27-20-12-32-25(19-7-3-5-16-6-4-8-21(30)23(16)19)24(31)26(20)33-28(34-27)41-15-22(37)38/h2-8,12,17-18H,1,9-11,13-15H2,(H,37,38)/t17-,18+. The summed E-state index contributed by atoms with van der Waals surface area (Å²) in [5.74, 6) is -1.59. The molecule has 2 aliphatic rings. The van der Waals surface area contributed by atoms with E-state index in [0.29, 0.717) is 40.3 Å². The Morgan fingerprint density at radius 1 is 1.15 bits per heavy atom. The first-order chi connectivity index (χ1) is 19.9. The van der Waals surface area contributed by atoms with Gasteiger partial charge in [0.15, 0.2) is 12.4 Å². The zero-order valence-corrected chi connectivity index (χ0v) is 22.6. The summed E-state index contributed by atoms with van der Waals surface area (Å²) in [7, 11) is 0. The topological polar surface area (TPSA) is 118 Å². The van der Waals surface area contributed by atoms with Crippen LogP contribution in [0.25, 0.3) is 32.9 Å². The molecule has 0 radical (unpaired) electrons. The summed E-state index contributed by atoms with van der Waals surface area (Å²) in [6.45, 7) is 3.83. The van der Waals surface area contributed by atoms with Crippen molar-refractivity contribution >= 4 is 51.2 Å². The highest BCUT2D eigenvalue weighted by Crippen LogP contribution is 2.39. The lowest BCUT2D eigenvalue weighted by Crippen LogP contribution is -2.56.